The maximum Gasteiger partial charge on any atom is 0.310 e. The first-order valence-electron chi connectivity index (χ1n) is 6.85. The van der Waals surface area contributed by atoms with Crippen molar-refractivity contribution in [3.05, 3.63) is 34.4 Å². The van der Waals surface area contributed by atoms with Crippen LogP contribution in [0.5, 0.6) is 5.75 Å². The number of benzene rings is 1. The third-order valence-electron chi connectivity index (χ3n) is 3.57. The van der Waals surface area contributed by atoms with Crippen LogP contribution in [0.15, 0.2) is 24.3 Å². The van der Waals surface area contributed by atoms with Crippen molar-refractivity contribution in [3.63, 3.8) is 0 Å². The second kappa shape index (κ2) is 6.88. The number of aliphatic carboxylic acids is 1. The number of para-hydroxylation sites is 2. The summed E-state index contributed by atoms with van der Waals surface area (Å²) in [6.07, 6.45) is 1.53. The summed E-state index contributed by atoms with van der Waals surface area (Å²) in [5, 5.41) is 22.4. The molecule has 1 fully saturated rings. The predicted octanol–water partition coefficient (Wildman–Crippen LogP) is 1.34. The number of nitro groups is 1. The number of carboxylic acid groups (broad SMARTS) is 1. The molecule has 22 heavy (non-hydrogen) atoms. The van der Waals surface area contributed by atoms with Gasteiger partial charge in [-0.05, 0) is 25.3 Å². The molecule has 1 aromatic rings. The van der Waals surface area contributed by atoms with Gasteiger partial charge in [-0.3, -0.25) is 19.7 Å². The maximum atomic E-state index is 11.8. The highest BCUT2D eigenvalue weighted by Crippen LogP contribution is 2.27. The Balaban J connectivity index is 1.84. The van der Waals surface area contributed by atoms with Gasteiger partial charge in [0, 0.05) is 12.1 Å². The minimum atomic E-state index is -0.854. The highest BCUT2D eigenvalue weighted by molar-refractivity contribution is 5.78. The summed E-state index contributed by atoms with van der Waals surface area (Å²) < 4.78 is 5.17. The molecule has 1 amide bonds. The molecule has 0 heterocycles. The smallest absolute Gasteiger partial charge is 0.310 e. The molecule has 2 rings (SSSR count). The number of carbonyl (C=O) groups excluding carboxylic acids is 1. The summed E-state index contributed by atoms with van der Waals surface area (Å²) in [5.74, 6) is -1.68. The van der Waals surface area contributed by atoms with Gasteiger partial charge in [0.05, 0.1) is 10.8 Å². The van der Waals surface area contributed by atoms with Gasteiger partial charge in [0.15, 0.2) is 12.4 Å². The number of rotatable bonds is 6. The maximum absolute atomic E-state index is 11.8. The Labute approximate surface area is 126 Å². The van der Waals surface area contributed by atoms with Gasteiger partial charge in [0.2, 0.25) is 0 Å². The third kappa shape index (κ3) is 3.94. The van der Waals surface area contributed by atoms with Crippen LogP contribution in [0.2, 0.25) is 0 Å². The number of nitrogens with one attached hydrogen (secondary N) is 1. The molecule has 1 aromatic carbocycles. The lowest BCUT2D eigenvalue weighted by molar-refractivity contribution is -0.385. The van der Waals surface area contributed by atoms with Gasteiger partial charge in [0.25, 0.3) is 5.91 Å². The van der Waals surface area contributed by atoms with E-state index in [0.717, 1.165) is 0 Å². The van der Waals surface area contributed by atoms with Crippen molar-refractivity contribution < 1.29 is 24.4 Å². The number of hydrogen-bond donors (Lipinski definition) is 2. The Morgan fingerprint density at radius 1 is 1.36 bits per heavy atom. The van der Waals surface area contributed by atoms with Crippen LogP contribution in [0.25, 0.3) is 0 Å². The van der Waals surface area contributed by atoms with E-state index < -0.39 is 22.7 Å². The molecule has 0 unspecified atom stereocenters. The van der Waals surface area contributed by atoms with E-state index in [-0.39, 0.29) is 24.1 Å². The average molecular weight is 308 g/mol. The lowest BCUT2D eigenvalue weighted by Crippen LogP contribution is -2.36. The number of carbonyl (C=O) groups is 2. The first kappa shape index (κ1) is 15.7. The quantitative estimate of drug-likeness (QED) is 0.604. The van der Waals surface area contributed by atoms with Crippen LogP contribution in [0.4, 0.5) is 5.69 Å². The van der Waals surface area contributed by atoms with E-state index in [1.165, 1.54) is 18.2 Å². The zero-order chi connectivity index (χ0) is 16.1. The Morgan fingerprint density at radius 2 is 2.09 bits per heavy atom. The van der Waals surface area contributed by atoms with Crippen molar-refractivity contribution in [3.8, 4) is 5.75 Å². The molecule has 118 valence electrons. The van der Waals surface area contributed by atoms with Gasteiger partial charge in [-0.1, -0.05) is 12.1 Å². The van der Waals surface area contributed by atoms with E-state index in [2.05, 4.69) is 5.32 Å². The van der Waals surface area contributed by atoms with E-state index in [4.69, 9.17) is 9.84 Å². The average Bonchev–Trinajstić information content (AvgIpc) is 2.94. The summed E-state index contributed by atoms with van der Waals surface area (Å²) in [4.78, 5) is 32.9. The third-order valence-corrected chi connectivity index (χ3v) is 3.57. The highest BCUT2D eigenvalue weighted by atomic mass is 16.6. The number of ether oxygens (including phenoxy) is 1. The molecule has 0 aromatic heterocycles. The van der Waals surface area contributed by atoms with Gasteiger partial charge < -0.3 is 15.2 Å². The van der Waals surface area contributed by atoms with Crippen molar-refractivity contribution in [2.75, 3.05) is 6.61 Å². The van der Waals surface area contributed by atoms with Gasteiger partial charge in [-0.15, -0.1) is 0 Å². The fraction of sp³-hybridized carbons (Fsp3) is 0.429. The summed E-state index contributed by atoms with van der Waals surface area (Å²) >= 11 is 0. The Hall–Kier alpha value is -2.64. The van der Waals surface area contributed by atoms with Crippen LogP contribution in [0.3, 0.4) is 0 Å². The molecule has 1 aliphatic rings. The number of nitro benzene ring substituents is 1. The van der Waals surface area contributed by atoms with Gasteiger partial charge in [-0.2, -0.15) is 0 Å². The topological polar surface area (TPSA) is 119 Å². The molecular formula is C14H16N2O6. The van der Waals surface area contributed by atoms with E-state index in [1.807, 2.05) is 0 Å². The number of carboxylic acids is 1. The zero-order valence-corrected chi connectivity index (χ0v) is 11.7. The van der Waals surface area contributed by atoms with Crippen LogP contribution >= 0.6 is 0 Å². The fourth-order valence-electron chi connectivity index (χ4n) is 2.48. The summed E-state index contributed by atoms with van der Waals surface area (Å²) in [7, 11) is 0. The second-order valence-electron chi connectivity index (χ2n) is 5.13. The summed E-state index contributed by atoms with van der Waals surface area (Å²) in [6.45, 7) is -0.348. The van der Waals surface area contributed by atoms with E-state index in [9.17, 15) is 19.7 Å². The van der Waals surface area contributed by atoms with Crippen molar-refractivity contribution in [2.24, 2.45) is 5.92 Å². The zero-order valence-electron chi connectivity index (χ0n) is 11.7. The normalized spacial score (nSPS) is 20.4. The van der Waals surface area contributed by atoms with Crippen LogP contribution in [0.1, 0.15) is 19.3 Å². The molecule has 8 heteroatoms. The first-order chi connectivity index (χ1) is 10.5. The lowest BCUT2D eigenvalue weighted by atomic mass is 10.1. The van der Waals surface area contributed by atoms with Crippen molar-refractivity contribution in [1.82, 2.24) is 5.32 Å². The molecule has 0 saturated heterocycles. The van der Waals surface area contributed by atoms with Gasteiger partial charge >= 0.3 is 11.7 Å². The van der Waals surface area contributed by atoms with Crippen LogP contribution in [0, 0.1) is 16.0 Å². The fourth-order valence-corrected chi connectivity index (χ4v) is 2.48. The van der Waals surface area contributed by atoms with Gasteiger partial charge in [-0.25, -0.2) is 0 Å². The molecule has 0 aliphatic heterocycles. The molecule has 0 radical (unpaired) electrons. The van der Waals surface area contributed by atoms with Crippen LogP contribution < -0.4 is 10.1 Å². The molecule has 1 aliphatic carbocycles. The van der Waals surface area contributed by atoms with E-state index in [1.54, 1.807) is 6.07 Å². The number of nitrogens with zero attached hydrogens (tertiary/aromatic N) is 1. The number of hydrogen-bond acceptors (Lipinski definition) is 5. The van der Waals surface area contributed by atoms with Gasteiger partial charge in [0.1, 0.15) is 0 Å². The van der Waals surface area contributed by atoms with Crippen LogP contribution in [-0.4, -0.2) is 34.6 Å². The Kier molecular flexibility index (Phi) is 4.92. The monoisotopic (exact) mass is 308 g/mol. The van der Waals surface area contributed by atoms with Crippen molar-refractivity contribution in [2.45, 2.75) is 25.3 Å². The second-order valence-corrected chi connectivity index (χ2v) is 5.13. The van der Waals surface area contributed by atoms with E-state index in [0.29, 0.717) is 19.3 Å². The Morgan fingerprint density at radius 3 is 2.73 bits per heavy atom. The molecule has 1 saturated carbocycles. The molecule has 0 bridgehead atoms. The Bertz CT molecular complexity index is 588. The standard InChI is InChI=1S/C14H16N2O6/c17-13(15-10-6-5-9(7-10)14(18)19)8-22-12-4-2-1-3-11(12)16(20)21/h1-4,9-10H,5-8H2,(H,15,17)(H,18,19)/t9-,10+/m1/s1. The van der Waals surface area contributed by atoms with Crippen LogP contribution in [-0.2, 0) is 9.59 Å². The largest absolute Gasteiger partial charge is 0.481 e. The first-order valence-corrected chi connectivity index (χ1v) is 6.85. The molecular weight excluding hydrogens is 292 g/mol. The van der Waals surface area contributed by atoms with E-state index >= 15 is 0 Å². The lowest BCUT2D eigenvalue weighted by Gasteiger charge is -2.13. The molecule has 8 nitrogen and oxygen atoms in total. The SMILES string of the molecule is O=C(COc1ccccc1[N+](=O)[O-])N[C@H]1CC[C@@H](C(=O)O)C1. The molecule has 0 spiro atoms. The molecule has 2 N–H and O–H groups in total. The molecule has 2 atom stereocenters. The predicted molar refractivity (Wildman–Crippen MR) is 75.5 cm³/mol. The highest BCUT2D eigenvalue weighted by Gasteiger charge is 2.30. The van der Waals surface area contributed by atoms with Crippen molar-refractivity contribution >= 4 is 17.6 Å². The minimum absolute atomic E-state index is 0.0254. The summed E-state index contributed by atoms with van der Waals surface area (Å²) in [6, 6.07) is 5.61. The number of amides is 1. The summed E-state index contributed by atoms with van der Waals surface area (Å²) in [5.41, 5.74) is -0.206. The van der Waals surface area contributed by atoms with Crippen molar-refractivity contribution in [1.29, 1.82) is 0 Å². The minimum Gasteiger partial charge on any atom is -0.481 e.